The van der Waals surface area contributed by atoms with Crippen molar-refractivity contribution in [1.82, 2.24) is 4.98 Å². The number of alkyl halides is 1. The van der Waals surface area contributed by atoms with Crippen molar-refractivity contribution in [1.29, 1.82) is 0 Å². The molecule has 78 valence electrons. The van der Waals surface area contributed by atoms with E-state index >= 15 is 0 Å². The largest absolute Gasteiger partial charge is 0.448 e. The van der Waals surface area contributed by atoms with Crippen molar-refractivity contribution in [3.8, 4) is 0 Å². The summed E-state index contributed by atoms with van der Waals surface area (Å²) in [7, 11) is 0. The topological polar surface area (TPSA) is 64.4 Å². The van der Waals surface area contributed by atoms with Crippen LogP contribution in [0.4, 0.5) is 10.6 Å². The zero-order valence-electron chi connectivity index (χ0n) is 7.91. The van der Waals surface area contributed by atoms with E-state index in [1.54, 1.807) is 6.92 Å². The Morgan fingerprint density at radius 2 is 2.57 bits per heavy atom. The van der Waals surface area contributed by atoms with Crippen LogP contribution in [0.25, 0.3) is 0 Å². The molecule has 0 bridgehead atoms. The number of halogens is 1. The number of hydrogen-bond acceptors (Lipinski definition) is 4. The maximum Gasteiger partial charge on any atom is 0.412 e. The number of rotatable bonds is 3. The monoisotopic (exact) mass is 310 g/mol. The van der Waals surface area contributed by atoms with Gasteiger partial charge in [0.2, 0.25) is 0 Å². The summed E-state index contributed by atoms with van der Waals surface area (Å²) in [6.07, 6.45) is 0.853. The number of hydrogen-bond donors (Lipinski definition) is 1. The van der Waals surface area contributed by atoms with Gasteiger partial charge in [-0.05, 0) is 0 Å². The van der Waals surface area contributed by atoms with Crippen LogP contribution in [0.3, 0.4) is 0 Å². The van der Waals surface area contributed by atoms with Crippen LogP contribution in [0.15, 0.2) is 10.7 Å². The van der Waals surface area contributed by atoms with Crippen molar-refractivity contribution in [3.63, 3.8) is 0 Å². The minimum Gasteiger partial charge on any atom is -0.448 e. The summed E-state index contributed by atoms with van der Waals surface area (Å²) in [4.78, 5) is 15.0. The van der Waals surface area contributed by atoms with E-state index in [-0.39, 0.29) is 3.92 Å². The molecule has 6 heteroatoms. The molecular weight excluding hydrogens is 299 g/mol. The number of nitrogens with one attached hydrogen (secondary N) is 1. The first-order valence-corrected chi connectivity index (χ1v) is 5.32. The predicted molar refractivity (Wildman–Crippen MR) is 59.7 cm³/mol. The lowest BCUT2D eigenvalue weighted by Gasteiger charge is -2.05. The number of anilines is 1. The Hall–Kier alpha value is -0.790. The zero-order chi connectivity index (χ0) is 10.6. The fraction of sp³-hybridized carbons (Fsp3) is 0.500. The molecule has 1 atom stereocenters. The lowest BCUT2D eigenvalue weighted by Crippen LogP contribution is -2.17. The lowest BCUT2D eigenvalue weighted by molar-refractivity contribution is 0.164. The Labute approximate surface area is 95.4 Å². The first-order chi connectivity index (χ1) is 6.58. The summed E-state index contributed by atoms with van der Waals surface area (Å²) in [5.41, 5.74) is 0. The second-order valence-electron chi connectivity index (χ2n) is 2.76. The van der Waals surface area contributed by atoms with E-state index in [0.717, 1.165) is 0 Å². The molecule has 5 nitrogen and oxygen atoms in total. The van der Waals surface area contributed by atoms with Gasteiger partial charge in [0.05, 0.1) is 0 Å². The van der Waals surface area contributed by atoms with E-state index in [0.29, 0.717) is 18.3 Å². The van der Waals surface area contributed by atoms with Gasteiger partial charge in [0.15, 0.2) is 11.7 Å². The molecule has 1 aromatic rings. The highest BCUT2D eigenvalue weighted by Crippen LogP contribution is 2.06. The number of oxazole rings is 1. The number of carbonyl (C=O) groups is 1. The molecule has 1 heterocycles. The van der Waals surface area contributed by atoms with Gasteiger partial charge in [0, 0.05) is 10.8 Å². The number of nitrogens with zero attached hydrogens (tertiary/aromatic N) is 1. The quantitative estimate of drug-likeness (QED) is 0.687. The van der Waals surface area contributed by atoms with Gasteiger partial charge in [-0.25, -0.2) is 4.79 Å². The smallest absolute Gasteiger partial charge is 0.412 e. The van der Waals surface area contributed by atoms with Crippen LogP contribution in [0.2, 0.25) is 0 Å². The van der Waals surface area contributed by atoms with Gasteiger partial charge in [0.1, 0.15) is 12.9 Å². The van der Waals surface area contributed by atoms with Crippen LogP contribution < -0.4 is 5.32 Å². The molecule has 0 aliphatic rings. The van der Waals surface area contributed by atoms with Gasteiger partial charge in [-0.3, -0.25) is 5.32 Å². The van der Waals surface area contributed by atoms with E-state index in [1.807, 2.05) is 6.92 Å². The number of amides is 1. The Balaban J connectivity index is 2.34. The molecule has 0 aliphatic carbocycles. The summed E-state index contributed by atoms with van der Waals surface area (Å²) in [6, 6.07) is 0. The third-order valence-electron chi connectivity index (χ3n) is 1.29. The van der Waals surface area contributed by atoms with Crippen molar-refractivity contribution in [2.45, 2.75) is 17.8 Å². The fourth-order valence-electron chi connectivity index (χ4n) is 0.752. The van der Waals surface area contributed by atoms with E-state index in [4.69, 9.17) is 9.15 Å². The molecule has 0 saturated carbocycles. The van der Waals surface area contributed by atoms with E-state index in [1.165, 1.54) is 6.26 Å². The Kier molecular flexibility index (Phi) is 4.18. The highest BCUT2D eigenvalue weighted by atomic mass is 127. The minimum absolute atomic E-state index is 0.289. The number of aromatic nitrogens is 1. The van der Waals surface area contributed by atoms with Crippen LogP contribution in [0, 0.1) is 6.92 Å². The first-order valence-electron chi connectivity index (χ1n) is 4.08. The number of carbonyl (C=O) groups excluding carboxylic acids is 1. The maximum absolute atomic E-state index is 11.1. The van der Waals surface area contributed by atoms with Crippen LogP contribution >= 0.6 is 22.6 Å². The van der Waals surface area contributed by atoms with Gasteiger partial charge >= 0.3 is 6.09 Å². The molecule has 1 aromatic heterocycles. The molecule has 0 radical (unpaired) electrons. The van der Waals surface area contributed by atoms with Crippen molar-refractivity contribution in [2.24, 2.45) is 0 Å². The van der Waals surface area contributed by atoms with Crippen LogP contribution in [0.5, 0.6) is 0 Å². The lowest BCUT2D eigenvalue weighted by atomic mass is 10.5. The van der Waals surface area contributed by atoms with Crippen LogP contribution in [-0.2, 0) is 4.74 Å². The molecule has 0 saturated heterocycles. The third kappa shape index (κ3) is 3.95. The summed E-state index contributed by atoms with van der Waals surface area (Å²) in [6.45, 7) is 4.03. The second kappa shape index (κ2) is 5.18. The number of ether oxygens (including phenoxy) is 1. The molecule has 1 amide bonds. The van der Waals surface area contributed by atoms with Crippen molar-refractivity contribution >= 4 is 34.5 Å². The standard InChI is InChI=1S/C8H11IN2O3/c1-5(9)3-14-8(12)11-7-4-13-6(2)10-7/h4-5H,3H2,1-2H3,(H,11,12)/t5-/m1/s1. The normalized spacial score (nSPS) is 12.2. The average molecular weight is 310 g/mol. The zero-order valence-corrected chi connectivity index (χ0v) is 10.1. The van der Waals surface area contributed by atoms with Crippen molar-refractivity contribution < 1.29 is 13.9 Å². The first kappa shape index (κ1) is 11.3. The van der Waals surface area contributed by atoms with E-state index in [2.05, 4.69) is 32.9 Å². The maximum atomic E-state index is 11.1. The fourth-order valence-corrected chi connectivity index (χ4v) is 0.932. The highest BCUT2D eigenvalue weighted by Gasteiger charge is 2.07. The van der Waals surface area contributed by atoms with Gasteiger partial charge < -0.3 is 9.15 Å². The second-order valence-corrected chi connectivity index (χ2v) is 4.88. The third-order valence-corrected chi connectivity index (χ3v) is 1.65. The molecule has 14 heavy (non-hydrogen) atoms. The van der Waals surface area contributed by atoms with Crippen molar-refractivity contribution in [3.05, 3.63) is 12.2 Å². The Morgan fingerprint density at radius 3 is 3.07 bits per heavy atom. The Morgan fingerprint density at radius 1 is 1.86 bits per heavy atom. The minimum atomic E-state index is -0.512. The van der Waals surface area contributed by atoms with Gasteiger partial charge in [-0.2, -0.15) is 4.98 Å². The SMILES string of the molecule is Cc1nc(NC(=O)OC[C@@H](C)I)co1. The summed E-state index contributed by atoms with van der Waals surface area (Å²) in [5, 5.41) is 2.45. The van der Waals surface area contributed by atoms with Crippen LogP contribution in [-0.4, -0.2) is 21.6 Å². The average Bonchev–Trinajstić information content (AvgIpc) is 2.48. The highest BCUT2D eigenvalue weighted by molar-refractivity contribution is 14.1. The molecule has 0 aliphatic heterocycles. The van der Waals surface area contributed by atoms with Crippen LogP contribution in [0.1, 0.15) is 12.8 Å². The Bertz CT molecular complexity index is 311. The van der Waals surface area contributed by atoms with Gasteiger partial charge in [-0.1, -0.05) is 29.5 Å². The molecule has 0 fully saturated rings. The van der Waals surface area contributed by atoms with Gasteiger partial charge in [0.25, 0.3) is 0 Å². The predicted octanol–water partition coefficient (Wildman–Crippen LogP) is 2.36. The molecule has 0 unspecified atom stereocenters. The molecule has 0 spiro atoms. The molecular formula is C8H11IN2O3. The molecule has 1 rings (SSSR count). The molecule has 0 aromatic carbocycles. The summed E-state index contributed by atoms with van der Waals surface area (Å²) < 4.78 is 10.1. The van der Waals surface area contributed by atoms with E-state index < -0.39 is 6.09 Å². The summed E-state index contributed by atoms with van der Waals surface area (Å²) in [5.74, 6) is 0.871. The van der Waals surface area contributed by atoms with Gasteiger partial charge in [-0.15, -0.1) is 0 Å². The molecule has 1 N–H and O–H groups in total. The summed E-state index contributed by atoms with van der Waals surface area (Å²) >= 11 is 2.17. The number of aryl methyl sites for hydroxylation is 1. The van der Waals surface area contributed by atoms with Crippen molar-refractivity contribution in [2.75, 3.05) is 11.9 Å². The van der Waals surface area contributed by atoms with E-state index in [9.17, 15) is 4.79 Å².